The summed E-state index contributed by atoms with van der Waals surface area (Å²) in [5.74, 6) is 0.724. The van der Waals surface area contributed by atoms with Crippen LogP contribution in [0.3, 0.4) is 0 Å². The minimum Gasteiger partial charge on any atom is -0.316 e. The molecule has 1 aromatic heterocycles. The number of hydrogen-bond acceptors (Lipinski definition) is 3. The Bertz CT molecular complexity index is 670. The average Bonchev–Trinajstić information content (AvgIpc) is 3.14. The molecule has 3 rings (SSSR count). The van der Waals surface area contributed by atoms with Crippen LogP contribution in [0.5, 0.6) is 0 Å². The van der Waals surface area contributed by atoms with E-state index in [2.05, 4.69) is 32.0 Å². The smallest absolute Gasteiger partial charge is 0.316 e. The van der Waals surface area contributed by atoms with E-state index in [0.29, 0.717) is 0 Å². The van der Waals surface area contributed by atoms with E-state index in [1.807, 2.05) is 12.1 Å². The molecule has 0 bridgehead atoms. The van der Waals surface area contributed by atoms with E-state index < -0.39 is 6.03 Å². The fourth-order valence-electron chi connectivity index (χ4n) is 2.04. The summed E-state index contributed by atoms with van der Waals surface area (Å²) in [6.45, 7) is 0.934. The molecule has 0 radical (unpaired) electrons. The monoisotopic (exact) mass is 277 g/mol. The lowest BCUT2D eigenvalue weighted by atomic mass is 10.3. The van der Waals surface area contributed by atoms with Gasteiger partial charge in [0.25, 0.3) is 0 Å². The second-order valence-corrected chi connectivity index (χ2v) is 5.64. The molecule has 1 N–H and O–H groups in total. The van der Waals surface area contributed by atoms with Gasteiger partial charge >= 0.3 is 6.03 Å². The third-order valence-electron chi connectivity index (χ3n) is 3.11. The van der Waals surface area contributed by atoms with Crippen LogP contribution in [0.4, 0.5) is 4.79 Å². The number of nitrogens with one attached hydrogen (secondary N) is 1. The fourth-order valence-corrected chi connectivity index (χ4v) is 3.08. The summed E-state index contributed by atoms with van der Waals surface area (Å²) in [7, 11) is 1.40. The number of benzene rings is 1. The lowest BCUT2D eigenvalue weighted by molar-refractivity contribution is 0.112. The average molecular weight is 277 g/mol. The molecule has 0 atom stereocenters. The van der Waals surface area contributed by atoms with Gasteiger partial charge in [-0.2, -0.15) is 4.99 Å². The normalized spacial score (nSPS) is 15.9. The molecule has 100 valence electrons. The molecule has 1 aliphatic carbocycles. The lowest BCUT2D eigenvalue weighted by Gasteiger charge is -2.03. The van der Waals surface area contributed by atoms with Crippen LogP contribution in [0.15, 0.2) is 29.3 Å². The summed E-state index contributed by atoms with van der Waals surface area (Å²) in [5, 5.41) is 0. The van der Waals surface area contributed by atoms with E-state index in [4.69, 9.17) is 0 Å². The van der Waals surface area contributed by atoms with Crippen molar-refractivity contribution in [3.63, 3.8) is 0 Å². The lowest BCUT2D eigenvalue weighted by Crippen LogP contribution is -2.24. The minimum atomic E-state index is -0.474. The third-order valence-corrected chi connectivity index (χ3v) is 4.17. The zero-order valence-corrected chi connectivity index (χ0v) is 11.4. The predicted molar refractivity (Wildman–Crippen MR) is 73.6 cm³/mol. The Morgan fingerprint density at radius 1 is 1.53 bits per heavy atom. The number of fused-ring (bicyclic) bond motifs is 1. The summed E-state index contributed by atoms with van der Waals surface area (Å²) >= 11 is 1.53. The van der Waals surface area contributed by atoms with Crippen LogP contribution in [0.2, 0.25) is 0 Å². The Kier molecular flexibility index (Phi) is 3.35. The molecular formula is C13H15N3O2S. The Morgan fingerprint density at radius 3 is 3.05 bits per heavy atom. The summed E-state index contributed by atoms with van der Waals surface area (Å²) in [5.41, 5.74) is 3.36. The molecule has 2 aromatic rings. The number of para-hydroxylation sites is 1. The van der Waals surface area contributed by atoms with Gasteiger partial charge in [0.15, 0.2) is 4.80 Å². The topological polar surface area (TPSA) is 55.6 Å². The number of nitrogens with zero attached hydrogens (tertiary/aromatic N) is 2. The fraction of sp³-hybridized carbons (Fsp3) is 0.385. The zero-order chi connectivity index (χ0) is 13.2. The van der Waals surface area contributed by atoms with Gasteiger partial charge in [-0.15, -0.1) is 0 Å². The van der Waals surface area contributed by atoms with Crippen LogP contribution in [-0.4, -0.2) is 17.7 Å². The Morgan fingerprint density at radius 2 is 2.32 bits per heavy atom. The van der Waals surface area contributed by atoms with Crippen molar-refractivity contribution in [3.05, 3.63) is 29.1 Å². The molecular weight excluding hydrogens is 262 g/mol. The quantitative estimate of drug-likeness (QED) is 0.875. The molecule has 19 heavy (non-hydrogen) atoms. The number of amides is 2. The molecule has 1 saturated carbocycles. The number of thiazole rings is 1. The summed E-state index contributed by atoms with van der Waals surface area (Å²) in [4.78, 5) is 20.9. The number of urea groups is 1. The Hall–Kier alpha value is -1.66. The van der Waals surface area contributed by atoms with Gasteiger partial charge in [0.2, 0.25) is 0 Å². The number of hydrogen-bond donors (Lipinski definition) is 1. The highest BCUT2D eigenvalue weighted by molar-refractivity contribution is 7.16. The number of aromatic nitrogens is 1. The van der Waals surface area contributed by atoms with E-state index in [9.17, 15) is 4.79 Å². The molecule has 1 heterocycles. The molecule has 0 unspecified atom stereocenters. The zero-order valence-electron chi connectivity index (χ0n) is 10.6. The number of hydroxylamine groups is 1. The Labute approximate surface area is 114 Å². The minimum absolute atomic E-state index is 0.474. The maximum atomic E-state index is 11.5. The molecule has 6 heteroatoms. The van der Waals surface area contributed by atoms with Crippen molar-refractivity contribution in [2.75, 3.05) is 7.11 Å². The molecule has 2 amide bonds. The number of carbonyl (C=O) groups excluding carboxylic acids is 1. The second-order valence-electron chi connectivity index (χ2n) is 4.63. The van der Waals surface area contributed by atoms with Crippen LogP contribution in [0.25, 0.3) is 10.2 Å². The Balaban J connectivity index is 2.08. The van der Waals surface area contributed by atoms with Crippen molar-refractivity contribution in [3.8, 4) is 0 Å². The largest absolute Gasteiger partial charge is 0.367 e. The van der Waals surface area contributed by atoms with Gasteiger partial charge < -0.3 is 4.57 Å². The first-order valence-corrected chi connectivity index (χ1v) is 7.05. The van der Waals surface area contributed by atoms with Crippen LogP contribution in [0, 0.1) is 5.92 Å². The summed E-state index contributed by atoms with van der Waals surface area (Å²) in [6, 6.07) is 7.66. The van der Waals surface area contributed by atoms with E-state index in [1.165, 1.54) is 31.3 Å². The standard InChI is InChI=1S/C13H15N3O2S/c1-18-15-12(17)14-13-16(8-9-6-7-9)10-4-2-3-5-11(10)19-13/h2-5,9H,6-8H2,1H3,(H,15,17). The first kappa shape index (κ1) is 12.4. The van der Waals surface area contributed by atoms with Crippen molar-refractivity contribution in [2.45, 2.75) is 19.4 Å². The van der Waals surface area contributed by atoms with Gasteiger partial charge in [0.1, 0.15) is 0 Å². The highest BCUT2D eigenvalue weighted by atomic mass is 32.1. The molecule has 0 aliphatic heterocycles. The van der Waals surface area contributed by atoms with E-state index in [-0.39, 0.29) is 0 Å². The van der Waals surface area contributed by atoms with E-state index >= 15 is 0 Å². The van der Waals surface area contributed by atoms with E-state index in [1.54, 1.807) is 0 Å². The second kappa shape index (κ2) is 5.14. The van der Waals surface area contributed by atoms with Gasteiger partial charge in [-0.25, -0.2) is 10.3 Å². The van der Waals surface area contributed by atoms with Crippen LogP contribution in [-0.2, 0) is 11.4 Å². The molecule has 5 nitrogen and oxygen atoms in total. The first-order valence-electron chi connectivity index (χ1n) is 6.24. The summed E-state index contributed by atoms with van der Waals surface area (Å²) < 4.78 is 3.28. The number of carbonyl (C=O) groups is 1. The maximum absolute atomic E-state index is 11.5. The highest BCUT2D eigenvalue weighted by Gasteiger charge is 2.23. The van der Waals surface area contributed by atoms with E-state index in [0.717, 1.165) is 27.5 Å². The van der Waals surface area contributed by atoms with Crippen molar-refractivity contribution >= 4 is 27.6 Å². The predicted octanol–water partition coefficient (Wildman–Crippen LogP) is 2.28. The van der Waals surface area contributed by atoms with Crippen molar-refractivity contribution < 1.29 is 9.63 Å². The van der Waals surface area contributed by atoms with Gasteiger partial charge in [-0.05, 0) is 30.9 Å². The number of rotatable bonds is 3. The summed E-state index contributed by atoms with van der Waals surface area (Å²) in [6.07, 6.45) is 2.53. The molecule has 1 aliphatic rings. The van der Waals surface area contributed by atoms with Crippen molar-refractivity contribution in [1.29, 1.82) is 0 Å². The highest BCUT2D eigenvalue weighted by Crippen LogP contribution is 2.31. The molecule has 1 fully saturated rings. The molecule has 1 aromatic carbocycles. The van der Waals surface area contributed by atoms with Gasteiger partial charge in [-0.1, -0.05) is 23.5 Å². The van der Waals surface area contributed by atoms with Gasteiger partial charge in [0, 0.05) is 6.54 Å². The van der Waals surface area contributed by atoms with Crippen molar-refractivity contribution in [2.24, 2.45) is 10.9 Å². The first-order chi connectivity index (χ1) is 9.28. The van der Waals surface area contributed by atoms with Crippen molar-refractivity contribution in [1.82, 2.24) is 10.0 Å². The molecule has 0 saturated heterocycles. The van der Waals surface area contributed by atoms with Gasteiger partial charge in [0.05, 0.1) is 17.3 Å². The van der Waals surface area contributed by atoms with Crippen LogP contribution in [0.1, 0.15) is 12.8 Å². The SMILES string of the molecule is CONC(=O)N=c1sc2ccccc2n1CC1CC1. The maximum Gasteiger partial charge on any atom is 0.367 e. The van der Waals surface area contributed by atoms with Crippen LogP contribution >= 0.6 is 11.3 Å². The third kappa shape index (κ3) is 2.69. The molecule has 0 spiro atoms. The van der Waals surface area contributed by atoms with Gasteiger partial charge in [-0.3, -0.25) is 4.84 Å². The van der Waals surface area contributed by atoms with Crippen LogP contribution < -0.4 is 10.3 Å².